The van der Waals surface area contributed by atoms with E-state index in [1.54, 1.807) is 12.1 Å². The number of fused-ring (bicyclic) bond motifs is 1. The summed E-state index contributed by atoms with van der Waals surface area (Å²) in [5.74, 6) is 1.16. The Morgan fingerprint density at radius 1 is 1.26 bits per heavy atom. The number of aliphatic imine (C=N–C) groups is 1. The number of benzene rings is 1. The maximum atomic E-state index is 12.9. The van der Waals surface area contributed by atoms with Crippen LogP contribution in [-0.2, 0) is 11.2 Å². The zero-order valence-corrected chi connectivity index (χ0v) is 10.9. The van der Waals surface area contributed by atoms with Gasteiger partial charge in [-0.15, -0.1) is 0 Å². The Bertz CT molecular complexity index is 472. The van der Waals surface area contributed by atoms with E-state index in [-0.39, 0.29) is 18.0 Å². The van der Waals surface area contributed by atoms with Crippen LogP contribution in [0.2, 0.25) is 0 Å². The van der Waals surface area contributed by atoms with Gasteiger partial charge in [-0.2, -0.15) is 0 Å². The van der Waals surface area contributed by atoms with Crippen LogP contribution < -0.4 is 5.73 Å². The lowest BCUT2D eigenvalue weighted by Gasteiger charge is -2.28. The average Bonchev–Trinajstić information content (AvgIpc) is 2.82. The number of nitrogens with zero attached hydrogens (tertiary/aromatic N) is 1. The van der Waals surface area contributed by atoms with E-state index in [0.29, 0.717) is 12.3 Å². The molecule has 1 aromatic carbocycles. The van der Waals surface area contributed by atoms with Gasteiger partial charge in [0.05, 0.1) is 6.04 Å². The van der Waals surface area contributed by atoms with Gasteiger partial charge < -0.3 is 10.5 Å². The first-order chi connectivity index (χ1) is 9.24. The summed E-state index contributed by atoms with van der Waals surface area (Å²) in [6.07, 6.45) is 4.10. The molecule has 4 heteroatoms. The topological polar surface area (TPSA) is 47.6 Å². The molecule has 0 radical (unpaired) electrons. The van der Waals surface area contributed by atoms with Crippen molar-refractivity contribution in [2.24, 2.45) is 16.6 Å². The number of hydrogen-bond donors (Lipinski definition) is 1. The van der Waals surface area contributed by atoms with Crippen molar-refractivity contribution in [2.45, 2.75) is 37.8 Å². The Kier molecular flexibility index (Phi) is 3.51. The molecule has 0 amide bonds. The standard InChI is InChI=1S/C15H19FN2O/c16-12-4-1-10(2-5-12)8-15-18-13-7-11(9-17)3-6-14(13)19-15/h1-2,4-5,11,13-14H,3,6-9,17H2. The minimum Gasteiger partial charge on any atom is -0.475 e. The summed E-state index contributed by atoms with van der Waals surface area (Å²) in [5.41, 5.74) is 6.77. The number of ether oxygens (including phenoxy) is 1. The van der Waals surface area contributed by atoms with Crippen molar-refractivity contribution in [1.29, 1.82) is 0 Å². The molecule has 1 aliphatic carbocycles. The molecule has 3 nitrogen and oxygen atoms in total. The van der Waals surface area contributed by atoms with Gasteiger partial charge in [0, 0.05) is 6.42 Å². The van der Waals surface area contributed by atoms with Crippen molar-refractivity contribution < 1.29 is 9.13 Å². The van der Waals surface area contributed by atoms with Crippen molar-refractivity contribution in [3.8, 4) is 0 Å². The highest BCUT2D eigenvalue weighted by Crippen LogP contribution is 2.32. The van der Waals surface area contributed by atoms with Gasteiger partial charge in [-0.3, -0.25) is 0 Å². The van der Waals surface area contributed by atoms with Gasteiger partial charge in [0.15, 0.2) is 5.90 Å². The second-order valence-corrected chi connectivity index (χ2v) is 5.46. The van der Waals surface area contributed by atoms with Crippen LogP contribution in [0.4, 0.5) is 4.39 Å². The second-order valence-electron chi connectivity index (χ2n) is 5.46. The molecule has 2 N–H and O–H groups in total. The van der Waals surface area contributed by atoms with Crippen LogP contribution in [0.15, 0.2) is 29.3 Å². The molecule has 1 fully saturated rings. The number of hydrogen-bond acceptors (Lipinski definition) is 3. The van der Waals surface area contributed by atoms with Crippen molar-refractivity contribution in [3.05, 3.63) is 35.6 Å². The highest BCUT2D eigenvalue weighted by molar-refractivity contribution is 5.80. The molecular weight excluding hydrogens is 243 g/mol. The van der Waals surface area contributed by atoms with Crippen LogP contribution in [0.25, 0.3) is 0 Å². The molecule has 1 saturated carbocycles. The van der Waals surface area contributed by atoms with E-state index < -0.39 is 0 Å². The molecule has 1 aliphatic heterocycles. The maximum Gasteiger partial charge on any atom is 0.188 e. The lowest BCUT2D eigenvalue weighted by atomic mass is 9.84. The molecule has 1 heterocycles. The Labute approximate surface area is 112 Å². The molecule has 0 saturated heterocycles. The van der Waals surface area contributed by atoms with Gasteiger partial charge in [0.1, 0.15) is 11.9 Å². The molecule has 3 unspecified atom stereocenters. The van der Waals surface area contributed by atoms with Crippen LogP contribution >= 0.6 is 0 Å². The molecular formula is C15H19FN2O. The Balaban J connectivity index is 1.65. The van der Waals surface area contributed by atoms with E-state index >= 15 is 0 Å². The van der Waals surface area contributed by atoms with E-state index in [1.165, 1.54) is 12.1 Å². The fourth-order valence-electron chi connectivity index (χ4n) is 2.95. The largest absolute Gasteiger partial charge is 0.475 e. The van der Waals surface area contributed by atoms with Crippen molar-refractivity contribution in [1.82, 2.24) is 0 Å². The molecule has 0 bridgehead atoms. The molecule has 3 atom stereocenters. The smallest absolute Gasteiger partial charge is 0.188 e. The number of rotatable bonds is 3. The van der Waals surface area contributed by atoms with E-state index in [4.69, 9.17) is 10.5 Å². The second kappa shape index (κ2) is 5.29. The lowest BCUT2D eigenvalue weighted by Crippen LogP contribution is -2.33. The number of halogens is 1. The summed E-state index contributed by atoms with van der Waals surface area (Å²) in [4.78, 5) is 4.67. The highest BCUT2D eigenvalue weighted by Gasteiger charge is 2.36. The Morgan fingerprint density at radius 2 is 2.05 bits per heavy atom. The van der Waals surface area contributed by atoms with E-state index in [0.717, 1.165) is 37.3 Å². The molecule has 0 spiro atoms. The summed E-state index contributed by atoms with van der Waals surface area (Å²) in [5, 5.41) is 0. The first kappa shape index (κ1) is 12.6. The third kappa shape index (κ3) is 2.78. The van der Waals surface area contributed by atoms with E-state index in [2.05, 4.69) is 4.99 Å². The van der Waals surface area contributed by atoms with E-state index in [9.17, 15) is 4.39 Å². The normalized spacial score (nSPS) is 29.6. The zero-order chi connectivity index (χ0) is 13.2. The molecule has 102 valence electrons. The summed E-state index contributed by atoms with van der Waals surface area (Å²) in [6.45, 7) is 0.742. The lowest BCUT2D eigenvalue weighted by molar-refractivity contribution is 0.127. The van der Waals surface area contributed by atoms with Crippen molar-refractivity contribution in [2.75, 3.05) is 6.54 Å². The summed E-state index contributed by atoms with van der Waals surface area (Å²) in [7, 11) is 0. The number of nitrogens with two attached hydrogens (primary N) is 1. The molecule has 19 heavy (non-hydrogen) atoms. The third-order valence-corrected chi connectivity index (χ3v) is 4.06. The van der Waals surface area contributed by atoms with Gasteiger partial charge in [0.25, 0.3) is 0 Å². The van der Waals surface area contributed by atoms with Crippen LogP contribution in [0, 0.1) is 11.7 Å². The summed E-state index contributed by atoms with van der Waals surface area (Å²) < 4.78 is 18.8. The molecule has 0 aromatic heterocycles. The van der Waals surface area contributed by atoms with Gasteiger partial charge in [-0.25, -0.2) is 9.38 Å². The van der Waals surface area contributed by atoms with Gasteiger partial charge in [0.2, 0.25) is 0 Å². The predicted molar refractivity (Wildman–Crippen MR) is 72.6 cm³/mol. The van der Waals surface area contributed by atoms with Crippen LogP contribution in [0.5, 0.6) is 0 Å². The predicted octanol–water partition coefficient (Wildman–Crippen LogP) is 2.29. The fraction of sp³-hybridized carbons (Fsp3) is 0.533. The first-order valence-corrected chi connectivity index (χ1v) is 6.92. The van der Waals surface area contributed by atoms with Gasteiger partial charge >= 0.3 is 0 Å². The molecule has 2 aliphatic rings. The summed E-state index contributed by atoms with van der Waals surface area (Å²) in [6, 6.07) is 6.79. The quantitative estimate of drug-likeness (QED) is 0.908. The SMILES string of the molecule is NCC1CCC2OC(Cc3ccc(F)cc3)=NC2C1. The zero-order valence-electron chi connectivity index (χ0n) is 10.9. The van der Waals surface area contributed by atoms with Crippen LogP contribution in [0.1, 0.15) is 24.8 Å². The Hall–Kier alpha value is -1.42. The van der Waals surface area contributed by atoms with Crippen LogP contribution in [-0.4, -0.2) is 24.6 Å². The minimum absolute atomic E-state index is 0.211. The van der Waals surface area contributed by atoms with Crippen molar-refractivity contribution >= 4 is 5.90 Å². The molecule has 3 rings (SSSR count). The van der Waals surface area contributed by atoms with E-state index in [1.807, 2.05) is 0 Å². The third-order valence-electron chi connectivity index (χ3n) is 4.06. The maximum absolute atomic E-state index is 12.9. The van der Waals surface area contributed by atoms with Crippen molar-refractivity contribution in [3.63, 3.8) is 0 Å². The average molecular weight is 262 g/mol. The Morgan fingerprint density at radius 3 is 2.79 bits per heavy atom. The highest BCUT2D eigenvalue weighted by atomic mass is 19.1. The fourth-order valence-corrected chi connectivity index (χ4v) is 2.95. The monoisotopic (exact) mass is 262 g/mol. The van der Waals surface area contributed by atoms with Crippen LogP contribution in [0.3, 0.4) is 0 Å². The first-order valence-electron chi connectivity index (χ1n) is 6.92. The minimum atomic E-state index is -0.211. The summed E-state index contributed by atoms with van der Waals surface area (Å²) >= 11 is 0. The van der Waals surface area contributed by atoms with Gasteiger partial charge in [-0.05, 0) is 49.4 Å². The molecule has 1 aromatic rings. The van der Waals surface area contributed by atoms with Gasteiger partial charge in [-0.1, -0.05) is 12.1 Å².